The summed E-state index contributed by atoms with van der Waals surface area (Å²) in [6.45, 7) is 2.44. The fourth-order valence-electron chi connectivity index (χ4n) is 1.75. The predicted molar refractivity (Wildman–Crippen MR) is 81.2 cm³/mol. The second-order valence-electron chi connectivity index (χ2n) is 4.39. The first-order chi connectivity index (χ1) is 9.69. The minimum atomic E-state index is 0.248. The molecule has 0 saturated carbocycles. The molecule has 2 rings (SSSR count). The second-order valence-corrected chi connectivity index (χ2v) is 4.66. The highest BCUT2D eigenvalue weighted by Gasteiger charge is 2.02. The van der Waals surface area contributed by atoms with Crippen molar-refractivity contribution in [2.45, 2.75) is 13.5 Å². The number of benzene rings is 2. The Morgan fingerprint density at radius 3 is 2.60 bits per heavy atom. The normalized spacial score (nSPS) is 9.70. The molecule has 0 amide bonds. The quantitative estimate of drug-likeness (QED) is 0.685. The van der Waals surface area contributed by atoms with Crippen LogP contribution >= 0.6 is 11.6 Å². The Morgan fingerprint density at radius 2 is 1.90 bits per heavy atom. The van der Waals surface area contributed by atoms with Gasteiger partial charge in [-0.1, -0.05) is 30.0 Å². The number of halogens is 1. The number of aromatic hydroxyl groups is 1. The maximum atomic E-state index is 9.24. The number of phenolic OH excluding ortho intramolecular Hbond substituents is 1. The van der Waals surface area contributed by atoms with Crippen molar-refractivity contribution in [3.8, 4) is 23.3 Å². The fourth-order valence-corrected chi connectivity index (χ4v) is 1.82. The van der Waals surface area contributed by atoms with Gasteiger partial charge in [-0.25, -0.2) is 0 Å². The van der Waals surface area contributed by atoms with E-state index in [2.05, 4.69) is 11.8 Å². The van der Waals surface area contributed by atoms with E-state index >= 15 is 0 Å². The smallest absolute Gasteiger partial charge is 0.135 e. The van der Waals surface area contributed by atoms with E-state index < -0.39 is 0 Å². The van der Waals surface area contributed by atoms with Gasteiger partial charge < -0.3 is 9.84 Å². The fraction of sp³-hybridized carbons (Fsp3) is 0.176. The zero-order valence-electron chi connectivity index (χ0n) is 11.2. The summed E-state index contributed by atoms with van der Waals surface area (Å²) in [6, 6.07) is 12.8. The van der Waals surface area contributed by atoms with Gasteiger partial charge >= 0.3 is 0 Å². The van der Waals surface area contributed by atoms with Crippen molar-refractivity contribution >= 4 is 11.6 Å². The van der Waals surface area contributed by atoms with Crippen LogP contribution in [0.2, 0.25) is 0 Å². The van der Waals surface area contributed by atoms with Crippen LogP contribution in [0, 0.1) is 18.8 Å². The van der Waals surface area contributed by atoms with Crippen molar-refractivity contribution < 1.29 is 9.84 Å². The molecule has 0 bridgehead atoms. The average Bonchev–Trinajstić information content (AvgIpc) is 2.46. The maximum absolute atomic E-state index is 9.24. The van der Waals surface area contributed by atoms with Crippen LogP contribution in [0.1, 0.15) is 16.7 Å². The van der Waals surface area contributed by atoms with Gasteiger partial charge in [0, 0.05) is 0 Å². The van der Waals surface area contributed by atoms with Gasteiger partial charge in [-0.3, -0.25) is 0 Å². The summed E-state index contributed by atoms with van der Waals surface area (Å²) in [6.07, 6.45) is 0. The largest absolute Gasteiger partial charge is 0.508 e. The van der Waals surface area contributed by atoms with E-state index in [-0.39, 0.29) is 5.75 Å². The molecule has 2 aromatic rings. The SMILES string of the molecule is Cc1ccc(OCc2ccc(O)cc2)c(C#CCCl)c1. The highest BCUT2D eigenvalue weighted by atomic mass is 35.5. The van der Waals surface area contributed by atoms with Crippen LogP contribution in [0.4, 0.5) is 0 Å². The monoisotopic (exact) mass is 286 g/mol. The van der Waals surface area contributed by atoms with E-state index in [9.17, 15) is 5.11 Å². The lowest BCUT2D eigenvalue weighted by molar-refractivity contribution is 0.305. The summed E-state index contributed by atoms with van der Waals surface area (Å²) < 4.78 is 5.79. The first-order valence-electron chi connectivity index (χ1n) is 6.25. The summed E-state index contributed by atoms with van der Waals surface area (Å²) in [5, 5.41) is 9.24. The average molecular weight is 287 g/mol. The molecule has 0 fully saturated rings. The molecule has 0 radical (unpaired) electrons. The molecule has 0 saturated heterocycles. The lowest BCUT2D eigenvalue weighted by Crippen LogP contribution is -1.97. The van der Waals surface area contributed by atoms with Crippen molar-refractivity contribution in [2.75, 3.05) is 5.88 Å². The van der Waals surface area contributed by atoms with E-state index in [1.807, 2.05) is 37.3 Å². The van der Waals surface area contributed by atoms with Crippen molar-refractivity contribution in [1.29, 1.82) is 0 Å². The Balaban J connectivity index is 2.14. The third-order valence-electron chi connectivity index (χ3n) is 2.76. The van der Waals surface area contributed by atoms with Gasteiger partial charge in [0.15, 0.2) is 0 Å². The number of phenols is 1. The molecule has 0 aromatic heterocycles. The number of rotatable bonds is 3. The van der Waals surface area contributed by atoms with Crippen LogP contribution in [-0.4, -0.2) is 11.0 Å². The third-order valence-corrected chi connectivity index (χ3v) is 2.89. The third kappa shape index (κ3) is 3.94. The molecule has 0 unspecified atom stereocenters. The molecule has 20 heavy (non-hydrogen) atoms. The van der Waals surface area contributed by atoms with Crippen LogP contribution in [0.25, 0.3) is 0 Å². The van der Waals surface area contributed by atoms with Crippen LogP contribution in [0.15, 0.2) is 42.5 Å². The van der Waals surface area contributed by atoms with E-state index in [4.69, 9.17) is 16.3 Å². The lowest BCUT2D eigenvalue weighted by atomic mass is 10.1. The van der Waals surface area contributed by atoms with Gasteiger partial charge in [-0.05, 0) is 42.3 Å². The van der Waals surface area contributed by atoms with E-state index in [1.165, 1.54) is 0 Å². The summed E-state index contributed by atoms with van der Waals surface area (Å²) >= 11 is 5.59. The van der Waals surface area contributed by atoms with Crippen LogP contribution in [0.5, 0.6) is 11.5 Å². The second kappa shape index (κ2) is 6.88. The molecule has 0 atom stereocenters. The molecule has 0 heterocycles. The van der Waals surface area contributed by atoms with Crippen molar-refractivity contribution in [1.82, 2.24) is 0 Å². The predicted octanol–water partition coefficient (Wildman–Crippen LogP) is 3.87. The maximum Gasteiger partial charge on any atom is 0.135 e. The first-order valence-corrected chi connectivity index (χ1v) is 6.78. The summed E-state index contributed by atoms with van der Waals surface area (Å²) in [7, 11) is 0. The Morgan fingerprint density at radius 1 is 1.15 bits per heavy atom. The number of ether oxygens (including phenoxy) is 1. The molecule has 0 aliphatic heterocycles. The Hall–Kier alpha value is -2.11. The first kappa shape index (κ1) is 14.3. The van der Waals surface area contributed by atoms with Crippen molar-refractivity contribution in [3.63, 3.8) is 0 Å². The molecule has 3 heteroatoms. The standard InChI is InChI=1S/C17H15ClO2/c1-13-4-9-17(15(11-13)3-2-10-18)20-12-14-5-7-16(19)8-6-14/h4-9,11,19H,10,12H2,1H3. The van der Waals surface area contributed by atoms with Crippen LogP contribution in [-0.2, 0) is 6.61 Å². The zero-order chi connectivity index (χ0) is 14.4. The molecule has 0 spiro atoms. The molecule has 0 aliphatic carbocycles. The van der Waals surface area contributed by atoms with Crippen molar-refractivity contribution in [3.05, 3.63) is 59.2 Å². The van der Waals surface area contributed by atoms with E-state index in [0.29, 0.717) is 12.5 Å². The number of hydrogen-bond acceptors (Lipinski definition) is 2. The molecule has 0 aliphatic rings. The van der Waals surface area contributed by atoms with Gasteiger partial charge in [-0.15, -0.1) is 11.6 Å². The molecular weight excluding hydrogens is 272 g/mol. The molecule has 1 N–H and O–H groups in total. The van der Waals surface area contributed by atoms with E-state index in [1.54, 1.807) is 12.1 Å². The van der Waals surface area contributed by atoms with Gasteiger partial charge in [-0.2, -0.15) is 0 Å². The van der Waals surface area contributed by atoms with Crippen molar-refractivity contribution in [2.24, 2.45) is 0 Å². The molecular formula is C17H15ClO2. The van der Waals surface area contributed by atoms with Gasteiger partial charge in [0.1, 0.15) is 18.1 Å². The minimum absolute atomic E-state index is 0.248. The van der Waals surface area contributed by atoms with Crippen LogP contribution < -0.4 is 4.74 Å². The highest BCUT2D eigenvalue weighted by Crippen LogP contribution is 2.21. The number of hydrogen-bond donors (Lipinski definition) is 1. The van der Waals surface area contributed by atoms with Gasteiger partial charge in [0.05, 0.1) is 11.4 Å². The van der Waals surface area contributed by atoms with Gasteiger partial charge in [0.25, 0.3) is 0 Å². The highest BCUT2D eigenvalue weighted by molar-refractivity contribution is 6.19. The zero-order valence-corrected chi connectivity index (χ0v) is 11.9. The van der Waals surface area contributed by atoms with Gasteiger partial charge in [0.2, 0.25) is 0 Å². The minimum Gasteiger partial charge on any atom is -0.508 e. The summed E-state index contributed by atoms with van der Waals surface area (Å²) in [5.41, 5.74) is 2.95. The summed E-state index contributed by atoms with van der Waals surface area (Å²) in [4.78, 5) is 0. The topological polar surface area (TPSA) is 29.5 Å². The number of alkyl halides is 1. The molecule has 102 valence electrons. The Kier molecular flexibility index (Phi) is 4.92. The molecule has 2 aromatic carbocycles. The lowest BCUT2D eigenvalue weighted by Gasteiger charge is -2.09. The number of aryl methyl sites for hydroxylation is 1. The summed E-state index contributed by atoms with van der Waals surface area (Å²) in [5.74, 6) is 7.12. The molecule has 2 nitrogen and oxygen atoms in total. The Labute approximate surface area is 124 Å². The Bertz CT molecular complexity index is 636. The van der Waals surface area contributed by atoms with E-state index in [0.717, 1.165) is 22.4 Å². The van der Waals surface area contributed by atoms with Crippen LogP contribution in [0.3, 0.4) is 0 Å².